The smallest absolute Gasteiger partial charge is 0.0900 e. The lowest BCUT2D eigenvalue weighted by molar-refractivity contribution is -0.0839. The highest BCUT2D eigenvalue weighted by Gasteiger charge is 2.66. The quantitative estimate of drug-likeness (QED) is 0.496. The molecule has 3 unspecified atom stereocenters. The topological polar surface area (TPSA) is 60.2 Å². The first-order chi connectivity index (χ1) is 16.6. The summed E-state index contributed by atoms with van der Waals surface area (Å²) < 4.78 is 7.10. The number of fused-ring (bicyclic) bond motifs is 7. The molecule has 194 valence electrons. The zero-order valence-corrected chi connectivity index (χ0v) is 23.4. The van der Waals surface area contributed by atoms with E-state index < -0.39 is 0 Å². The first-order valence-electron chi connectivity index (χ1n) is 14.8. The van der Waals surface area contributed by atoms with E-state index in [1.165, 1.54) is 68.5 Å². The molecule has 35 heavy (non-hydrogen) atoms. The highest BCUT2D eigenvalue weighted by atomic mass is 32.1. The van der Waals surface area contributed by atoms with Crippen molar-refractivity contribution in [2.75, 3.05) is 6.54 Å². The summed E-state index contributed by atoms with van der Waals surface area (Å²) >= 11 is 1.96. The molecule has 1 spiro atoms. The fourth-order valence-electron chi connectivity index (χ4n) is 10.9. The van der Waals surface area contributed by atoms with E-state index in [1.807, 2.05) is 11.3 Å². The minimum absolute atomic E-state index is 0.00824. The molecular weight excluding hydrogens is 450 g/mol. The second-order valence-electron chi connectivity index (χ2n) is 14.4. The largest absolute Gasteiger partial charge is 0.370 e. The number of hydrogen-bond acceptors (Lipinski definition) is 5. The molecule has 1 aromatic rings. The number of piperidine rings is 1. The number of rotatable bonds is 0. The van der Waals surface area contributed by atoms with Crippen LogP contribution in [0.3, 0.4) is 0 Å². The van der Waals surface area contributed by atoms with Gasteiger partial charge in [-0.3, -0.25) is 0 Å². The molecule has 6 aliphatic rings. The fraction of sp³-hybridized carbons (Fsp3) is 0.900. The molecule has 3 saturated carbocycles. The van der Waals surface area contributed by atoms with Gasteiger partial charge in [0.15, 0.2) is 0 Å². The Morgan fingerprint density at radius 3 is 2.80 bits per heavy atom. The van der Waals surface area contributed by atoms with Crippen LogP contribution in [0.2, 0.25) is 0 Å². The SMILES string of the molecule is Cc1nc2c(s1)C[C@@]1(C)[C@H](CCC3(N)[C@@H]4CC[C@@]5(CC(C)C4C[C@@H]31)O[C@@H]1C[C@H](C)CN[C@H]1[C@H]5C)C2. The Hall–Kier alpha value is -0.490. The van der Waals surface area contributed by atoms with Gasteiger partial charge in [0.2, 0.25) is 0 Å². The maximum Gasteiger partial charge on any atom is 0.0900 e. The Kier molecular flexibility index (Phi) is 5.24. The van der Waals surface area contributed by atoms with Gasteiger partial charge >= 0.3 is 0 Å². The third-order valence-corrected chi connectivity index (χ3v) is 13.7. The van der Waals surface area contributed by atoms with Crippen molar-refractivity contribution in [3.05, 3.63) is 15.6 Å². The number of nitrogens with zero attached hydrogens (tertiary/aromatic N) is 1. The molecule has 1 aromatic heterocycles. The molecule has 0 radical (unpaired) electrons. The monoisotopic (exact) mass is 497 g/mol. The van der Waals surface area contributed by atoms with Crippen LogP contribution in [0.4, 0.5) is 0 Å². The lowest BCUT2D eigenvalue weighted by Gasteiger charge is -2.56. The van der Waals surface area contributed by atoms with Crippen molar-refractivity contribution >= 4 is 11.3 Å². The molecule has 0 aromatic carbocycles. The molecule has 3 heterocycles. The molecule has 4 aliphatic carbocycles. The van der Waals surface area contributed by atoms with Gasteiger partial charge in [0.05, 0.1) is 22.4 Å². The molecule has 2 aliphatic heterocycles. The summed E-state index contributed by atoms with van der Waals surface area (Å²) in [5, 5.41) is 5.13. The lowest BCUT2D eigenvalue weighted by Crippen LogP contribution is -2.61. The lowest BCUT2D eigenvalue weighted by atomic mass is 9.50. The zero-order valence-electron chi connectivity index (χ0n) is 22.6. The van der Waals surface area contributed by atoms with E-state index in [0.717, 1.165) is 24.3 Å². The Labute approximate surface area is 216 Å². The van der Waals surface area contributed by atoms with Gasteiger partial charge in [-0.25, -0.2) is 4.98 Å². The Morgan fingerprint density at radius 2 is 1.97 bits per heavy atom. The van der Waals surface area contributed by atoms with Crippen molar-refractivity contribution in [2.24, 2.45) is 52.6 Å². The van der Waals surface area contributed by atoms with E-state index in [2.05, 4.69) is 39.9 Å². The summed E-state index contributed by atoms with van der Waals surface area (Å²) in [4.78, 5) is 6.50. The van der Waals surface area contributed by atoms with Gasteiger partial charge in [-0.15, -0.1) is 11.3 Å². The van der Waals surface area contributed by atoms with Crippen molar-refractivity contribution < 1.29 is 4.74 Å². The molecule has 12 atom stereocenters. The van der Waals surface area contributed by atoms with Crippen LogP contribution in [-0.4, -0.2) is 34.8 Å². The standard InChI is InChI=1S/C30H47N3OS/c1-16-10-24-27(32-15-16)18(3)29(34-24)8-7-22-21(17(2)13-29)12-26-28(5)14-25-23(33-19(4)35-25)11-20(28)6-9-30(22,26)31/h16-18,20-22,24,26-27,32H,6-15,31H2,1-5H3/t16-,17?,18+,20+,21?,22+,24+,26+,27-,28-,29-,30?/m0/s1. The van der Waals surface area contributed by atoms with Gasteiger partial charge < -0.3 is 15.8 Å². The highest BCUT2D eigenvalue weighted by Crippen LogP contribution is 2.66. The molecular formula is C30H47N3OS. The summed E-state index contributed by atoms with van der Waals surface area (Å²) in [7, 11) is 0. The van der Waals surface area contributed by atoms with Gasteiger partial charge in [0, 0.05) is 22.4 Å². The van der Waals surface area contributed by atoms with E-state index in [-0.39, 0.29) is 11.1 Å². The van der Waals surface area contributed by atoms with Gasteiger partial charge in [0.25, 0.3) is 0 Å². The second-order valence-corrected chi connectivity index (χ2v) is 15.7. The normalized spacial score (nSPS) is 55.0. The van der Waals surface area contributed by atoms with E-state index >= 15 is 0 Å². The van der Waals surface area contributed by atoms with Crippen LogP contribution in [0, 0.1) is 53.8 Å². The van der Waals surface area contributed by atoms with E-state index in [0.29, 0.717) is 41.2 Å². The summed E-state index contributed by atoms with van der Waals surface area (Å²) in [6.07, 6.45) is 11.6. The van der Waals surface area contributed by atoms with Crippen LogP contribution < -0.4 is 11.1 Å². The van der Waals surface area contributed by atoms with Crippen LogP contribution in [0.25, 0.3) is 0 Å². The molecule has 4 nitrogen and oxygen atoms in total. The van der Waals surface area contributed by atoms with Crippen molar-refractivity contribution in [2.45, 2.75) is 116 Å². The number of hydrogen-bond donors (Lipinski definition) is 2. The van der Waals surface area contributed by atoms with Crippen LogP contribution in [0.5, 0.6) is 0 Å². The third-order valence-electron chi connectivity index (χ3n) is 12.7. The maximum absolute atomic E-state index is 7.66. The van der Waals surface area contributed by atoms with Crippen molar-refractivity contribution in [1.82, 2.24) is 10.3 Å². The maximum atomic E-state index is 7.66. The average Bonchev–Trinajstić information content (AvgIpc) is 3.35. The van der Waals surface area contributed by atoms with Crippen LogP contribution in [-0.2, 0) is 17.6 Å². The molecule has 0 amide bonds. The van der Waals surface area contributed by atoms with E-state index in [9.17, 15) is 0 Å². The number of thiazole rings is 1. The van der Waals surface area contributed by atoms with Crippen molar-refractivity contribution in [3.8, 4) is 0 Å². The summed E-state index contributed by atoms with van der Waals surface area (Å²) in [6, 6.07) is 0.546. The summed E-state index contributed by atoms with van der Waals surface area (Å²) in [5.41, 5.74) is 9.48. The Morgan fingerprint density at radius 1 is 1.14 bits per heavy atom. The molecule has 2 saturated heterocycles. The highest BCUT2D eigenvalue weighted by molar-refractivity contribution is 7.11. The number of aromatic nitrogens is 1. The fourth-order valence-corrected chi connectivity index (χ4v) is 12.0. The number of nitrogens with one attached hydrogen (secondary N) is 1. The first-order valence-corrected chi connectivity index (χ1v) is 15.6. The van der Waals surface area contributed by atoms with Crippen LogP contribution in [0.15, 0.2) is 0 Å². The molecule has 0 bridgehead atoms. The predicted molar refractivity (Wildman–Crippen MR) is 142 cm³/mol. The number of ether oxygens (including phenoxy) is 1. The van der Waals surface area contributed by atoms with Gasteiger partial charge in [0.1, 0.15) is 0 Å². The van der Waals surface area contributed by atoms with Crippen molar-refractivity contribution in [1.29, 1.82) is 0 Å². The molecule has 7 rings (SSSR count). The van der Waals surface area contributed by atoms with Crippen molar-refractivity contribution in [3.63, 3.8) is 0 Å². The minimum Gasteiger partial charge on any atom is -0.370 e. The predicted octanol–water partition coefficient (Wildman–Crippen LogP) is 5.51. The Bertz CT molecular complexity index is 1010. The van der Waals surface area contributed by atoms with Gasteiger partial charge in [-0.2, -0.15) is 0 Å². The first kappa shape index (κ1) is 23.6. The Balaban J connectivity index is 1.17. The van der Waals surface area contributed by atoms with Crippen LogP contribution in [0.1, 0.15) is 88.2 Å². The molecule has 5 fully saturated rings. The van der Waals surface area contributed by atoms with Crippen LogP contribution >= 0.6 is 11.3 Å². The number of nitrogens with two attached hydrogens (primary N) is 1. The molecule has 5 heteroatoms. The van der Waals surface area contributed by atoms with E-state index in [4.69, 9.17) is 15.5 Å². The summed E-state index contributed by atoms with van der Waals surface area (Å²) in [5.74, 6) is 4.86. The minimum atomic E-state index is 0.00824. The summed E-state index contributed by atoms with van der Waals surface area (Å²) in [6.45, 7) is 13.4. The average molecular weight is 498 g/mol. The van der Waals surface area contributed by atoms with Gasteiger partial charge in [-0.1, -0.05) is 27.7 Å². The third kappa shape index (κ3) is 3.23. The molecule has 3 N–H and O–H groups in total. The van der Waals surface area contributed by atoms with Gasteiger partial charge in [-0.05, 0) is 112 Å². The second kappa shape index (κ2) is 7.77. The zero-order chi connectivity index (χ0) is 24.3. The number of aryl methyl sites for hydroxylation is 1. The van der Waals surface area contributed by atoms with E-state index in [1.54, 1.807) is 4.88 Å².